The van der Waals surface area contributed by atoms with Gasteiger partial charge in [-0.1, -0.05) is 26.7 Å². The predicted octanol–water partition coefficient (Wildman–Crippen LogP) is 1.95. The van der Waals surface area contributed by atoms with Crippen molar-refractivity contribution in [3.8, 4) is 0 Å². The van der Waals surface area contributed by atoms with Gasteiger partial charge in [-0.2, -0.15) is 0 Å². The summed E-state index contributed by atoms with van der Waals surface area (Å²) >= 11 is 0. The summed E-state index contributed by atoms with van der Waals surface area (Å²) in [5.74, 6) is 0.814. The van der Waals surface area contributed by atoms with E-state index >= 15 is 0 Å². The molecule has 100 valence electrons. The van der Waals surface area contributed by atoms with Crippen LogP contribution in [0.1, 0.15) is 46.0 Å². The summed E-state index contributed by atoms with van der Waals surface area (Å²) in [5.41, 5.74) is 5.25. The van der Waals surface area contributed by atoms with Crippen molar-refractivity contribution < 1.29 is 4.79 Å². The average molecular weight is 241 g/mol. The van der Waals surface area contributed by atoms with E-state index in [0.29, 0.717) is 6.04 Å². The molecule has 0 aromatic rings. The van der Waals surface area contributed by atoms with Gasteiger partial charge in [-0.25, -0.2) is 4.79 Å². The average Bonchev–Trinajstić information content (AvgIpc) is 2.29. The zero-order chi connectivity index (χ0) is 12.7. The van der Waals surface area contributed by atoms with Gasteiger partial charge < -0.3 is 16.0 Å². The summed E-state index contributed by atoms with van der Waals surface area (Å²) in [5, 5.41) is 3.58. The number of likely N-dealkylation sites (tertiary alicyclic amines) is 1. The lowest BCUT2D eigenvalue weighted by atomic mass is 10.0. The molecule has 17 heavy (non-hydrogen) atoms. The van der Waals surface area contributed by atoms with E-state index in [9.17, 15) is 4.79 Å². The molecular formula is C13H27N3O. The third kappa shape index (κ3) is 5.91. The zero-order valence-electron chi connectivity index (χ0n) is 11.2. The topological polar surface area (TPSA) is 58.4 Å². The van der Waals surface area contributed by atoms with Gasteiger partial charge in [-0.05, 0) is 31.7 Å². The largest absolute Gasteiger partial charge is 0.351 e. The first-order valence-electron chi connectivity index (χ1n) is 6.87. The third-order valence-corrected chi connectivity index (χ3v) is 3.45. The summed E-state index contributed by atoms with van der Waals surface area (Å²) in [7, 11) is 0. The fourth-order valence-corrected chi connectivity index (χ4v) is 2.29. The van der Waals surface area contributed by atoms with Crippen LogP contribution in [0.5, 0.6) is 0 Å². The van der Waals surface area contributed by atoms with Crippen molar-refractivity contribution in [2.75, 3.05) is 19.6 Å². The van der Waals surface area contributed by atoms with Crippen molar-refractivity contribution in [3.63, 3.8) is 0 Å². The molecule has 0 saturated carbocycles. The molecule has 1 fully saturated rings. The smallest absolute Gasteiger partial charge is 0.314 e. The molecule has 4 heteroatoms. The van der Waals surface area contributed by atoms with E-state index in [2.05, 4.69) is 19.2 Å². The van der Waals surface area contributed by atoms with Crippen LogP contribution in [0, 0.1) is 5.92 Å². The first kappa shape index (κ1) is 14.3. The quantitative estimate of drug-likeness (QED) is 0.698. The highest BCUT2D eigenvalue weighted by Crippen LogP contribution is 2.10. The number of nitrogens with zero attached hydrogens (tertiary/aromatic N) is 1. The number of primary amides is 1. The zero-order valence-corrected chi connectivity index (χ0v) is 11.2. The van der Waals surface area contributed by atoms with Gasteiger partial charge >= 0.3 is 6.03 Å². The van der Waals surface area contributed by atoms with E-state index < -0.39 is 0 Å². The van der Waals surface area contributed by atoms with Gasteiger partial charge in [-0.3, -0.25) is 0 Å². The Morgan fingerprint density at radius 2 is 2.00 bits per heavy atom. The maximum Gasteiger partial charge on any atom is 0.314 e. The molecule has 0 spiro atoms. The summed E-state index contributed by atoms with van der Waals surface area (Å²) in [6.07, 6.45) is 5.96. The highest BCUT2D eigenvalue weighted by molar-refractivity contribution is 5.72. The maximum atomic E-state index is 11.0. The van der Waals surface area contributed by atoms with E-state index in [4.69, 9.17) is 5.73 Å². The van der Waals surface area contributed by atoms with Gasteiger partial charge in [0.25, 0.3) is 0 Å². The molecule has 0 aromatic heterocycles. The first-order valence-corrected chi connectivity index (χ1v) is 6.87. The molecule has 1 aliphatic rings. The van der Waals surface area contributed by atoms with E-state index in [0.717, 1.165) is 38.4 Å². The number of nitrogens with one attached hydrogen (secondary N) is 1. The van der Waals surface area contributed by atoms with Gasteiger partial charge in [0.15, 0.2) is 0 Å². The van der Waals surface area contributed by atoms with Crippen molar-refractivity contribution in [1.29, 1.82) is 0 Å². The summed E-state index contributed by atoms with van der Waals surface area (Å²) in [6, 6.07) is 0.296. The maximum absolute atomic E-state index is 11.0. The highest BCUT2D eigenvalue weighted by atomic mass is 16.2. The van der Waals surface area contributed by atoms with Crippen LogP contribution in [0.4, 0.5) is 4.79 Å². The number of urea groups is 1. The minimum atomic E-state index is -0.277. The van der Waals surface area contributed by atoms with E-state index in [1.54, 1.807) is 4.90 Å². The van der Waals surface area contributed by atoms with E-state index in [1.807, 2.05) is 0 Å². The molecule has 1 heterocycles. The Kier molecular flexibility index (Phi) is 6.34. The molecular weight excluding hydrogens is 214 g/mol. The second kappa shape index (κ2) is 7.54. The van der Waals surface area contributed by atoms with Gasteiger partial charge in [-0.15, -0.1) is 0 Å². The van der Waals surface area contributed by atoms with Crippen LogP contribution in [-0.2, 0) is 0 Å². The van der Waals surface area contributed by atoms with Crippen molar-refractivity contribution in [2.45, 2.75) is 52.0 Å². The second-order valence-electron chi connectivity index (χ2n) is 5.44. The molecule has 0 unspecified atom stereocenters. The van der Waals surface area contributed by atoms with E-state index in [1.165, 1.54) is 19.3 Å². The minimum absolute atomic E-state index is 0.277. The molecule has 0 aliphatic carbocycles. The molecule has 3 N–H and O–H groups in total. The number of rotatable bonds is 6. The van der Waals surface area contributed by atoms with Crippen molar-refractivity contribution in [2.24, 2.45) is 11.7 Å². The Morgan fingerprint density at radius 3 is 2.53 bits per heavy atom. The van der Waals surface area contributed by atoms with Gasteiger partial charge in [0.2, 0.25) is 0 Å². The highest BCUT2D eigenvalue weighted by Gasteiger charge is 2.20. The fourth-order valence-electron chi connectivity index (χ4n) is 2.29. The molecule has 0 radical (unpaired) electrons. The lowest BCUT2D eigenvalue weighted by Crippen LogP contribution is -2.46. The van der Waals surface area contributed by atoms with Gasteiger partial charge in [0.05, 0.1) is 0 Å². The van der Waals surface area contributed by atoms with Gasteiger partial charge in [0, 0.05) is 19.1 Å². The van der Waals surface area contributed by atoms with Crippen LogP contribution in [0.3, 0.4) is 0 Å². The molecule has 0 atom stereocenters. The fraction of sp³-hybridized carbons (Fsp3) is 0.923. The molecule has 0 aromatic carbocycles. The van der Waals surface area contributed by atoms with Gasteiger partial charge in [0.1, 0.15) is 0 Å². The molecule has 0 bridgehead atoms. The Bertz CT molecular complexity index is 223. The Labute approximate surface area is 105 Å². The molecule has 4 nitrogen and oxygen atoms in total. The second-order valence-corrected chi connectivity index (χ2v) is 5.44. The molecule has 2 amide bonds. The Balaban J connectivity index is 2.01. The standard InChI is InChI=1S/C13H27N3O/c1-11(2)5-3-4-8-15-12-6-9-16(10-7-12)13(14)17/h11-12,15H,3-10H2,1-2H3,(H2,14,17). The van der Waals surface area contributed by atoms with E-state index in [-0.39, 0.29) is 6.03 Å². The van der Waals surface area contributed by atoms with Crippen LogP contribution < -0.4 is 11.1 Å². The van der Waals surface area contributed by atoms with Crippen LogP contribution in [0.2, 0.25) is 0 Å². The molecule has 1 rings (SSSR count). The minimum Gasteiger partial charge on any atom is -0.351 e. The monoisotopic (exact) mass is 241 g/mol. The summed E-state index contributed by atoms with van der Waals surface area (Å²) in [6.45, 7) is 7.26. The number of amides is 2. The lowest BCUT2D eigenvalue weighted by molar-refractivity contribution is 0.185. The number of piperidine rings is 1. The lowest BCUT2D eigenvalue weighted by Gasteiger charge is -2.31. The number of nitrogens with two attached hydrogens (primary N) is 1. The predicted molar refractivity (Wildman–Crippen MR) is 70.9 cm³/mol. The first-order chi connectivity index (χ1) is 8.09. The normalized spacial score (nSPS) is 17.7. The van der Waals surface area contributed by atoms with Crippen LogP contribution in [0.15, 0.2) is 0 Å². The SMILES string of the molecule is CC(C)CCCCNC1CCN(C(N)=O)CC1. The van der Waals surface area contributed by atoms with Crippen molar-refractivity contribution >= 4 is 6.03 Å². The number of unbranched alkanes of at least 4 members (excludes halogenated alkanes) is 1. The molecule has 1 aliphatic heterocycles. The summed E-state index contributed by atoms with van der Waals surface area (Å²) < 4.78 is 0. The number of hydrogen-bond acceptors (Lipinski definition) is 2. The number of carbonyl (C=O) groups is 1. The number of hydrogen-bond donors (Lipinski definition) is 2. The summed E-state index contributed by atoms with van der Waals surface area (Å²) in [4.78, 5) is 12.7. The van der Waals surface area contributed by atoms with Crippen molar-refractivity contribution in [1.82, 2.24) is 10.2 Å². The Morgan fingerprint density at radius 1 is 1.35 bits per heavy atom. The molecule has 1 saturated heterocycles. The van der Waals surface area contributed by atoms with Crippen molar-refractivity contribution in [3.05, 3.63) is 0 Å². The van der Waals surface area contributed by atoms with Crippen LogP contribution in [-0.4, -0.2) is 36.6 Å². The third-order valence-electron chi connectivity index (χ3n) is 3.45. The number of carbonyl (C=O) groups excluding carboxylic acids is 1. The Hall–Kier alpha value is -0.770. The van der Waals surface area contributed by atoms with Crippen LogP contribution >= 0.6 is 0 Å². The van der Waals surface area contributed by atoms with Crippen LogP contribution in [0.25, 0.3) is 0 Å².